The maximum atomic E-state index is 12.1. The molecule has 0 amide bonds. The van der Waals surface area contributed by atoms with Gasteiger partial charge >= 0.3 is 0 Å². The first-order chi connectivity index (χ1) is 9.13. The minimum atomic E-state index is -0.0826. The SMILES string of the molecule is CCc1cc(CC(=O)c2ccc(OC)nn2)n(C)n1. The van der Waals surface area contributed by atoms with Crippen molar-refractivity contribution in [2.45, 2.75) is 19.8 Å². The Hall–Kier alpha value is -2.24. The van der Waals surface area contributed by atoms with Gasteiger partial charge in [0.2, 0.25) is 5.88 Å². The molecule has 0 aliphatic heterocycles. The minimum Gasteiger partial charge on any atom is -0.480 e. The smallest absolute Gasteiger partial charge is 0.233 e. The lowest BCUT2D eigenvalue weighted by Gasteiger charge is -2.01. The number of carbonyl (C=O) groups is 1. The summed E-state index contributed by atoms with van der Waals surface area (Å²) >= 11 is 0. The van der Waals surface area contributed by atoms with Gasteiger partial charge in [-0.3, -0.25) is 9.48 Å². The quantitative estimate of drug-likeness (QED) is 0.756. The highest BCUT2D eigenvalue weighted by Gasteiger charge is 2.13. The summed E-state index contributed by atoms with van der Waals surface area (Å²) in [5.74, 6) is 0.311. The van der Waals surface area contributed by atoms with Gasteiger partial charge in [-0.15, -0.1) is 10.2 Å². The monoisotopic (exact) mass is 260 g/mol. The fraction of sp³-hybridized carbons (Fsp3) is 0.385. The van der Waals surface area contributed by atoms with E-state index in [0.29, 0.717) is 11.6 Å². The third-order valence-electron chi connectivity index (χ3n) is 2.87. The van der Waals surface area contributed by atoms with Crippen LogP contribution in [-0.2, 0) is 19.9 Å². The number of Topliss-reactive ketones (excluding diaryl/α,β-unsaturated/α-hetero) is 1. The zero-order valence-electron chi connectivity index (χ0n) is 11.3. The van der Waals surface area contributed by atoms with Crippen molar-refractivity contribution < 1.29 is 9.53 Å². The van der Waals surface area contributed by atoms with Gasteiger partial charge in [0, 0.05) is 18.8 Å². The molecule has 0 aromatic carbocycles. The van der Waals surface area contributed by atoms with Crippen molar-refractivity contribution in [3.63, 3.8) is 0 Å². The summed E-state index contributed by atoms with van der Waals surface area (Å²) in [5.41, 5.74) is 2.19. The first-order valence-corrected chi connectivity index (χ1v) is 6.06. The second-order valence-corrected chi connectivity index (χ2v) is 4.17. The Kier molecular flexibility index (Phi) is 3.89. The second-order valence-electron chi connectivity index (χ2n) is 4.17. The van der Waals surface area contributed by atoms with Crippen LogP contribution in [0.2, 0.25) is 0 Å². The summed E-state index contributed by atoms with van der Waals surface area (Å²) in [5, 5.41) is 11.9. The van der Waals surface area contributed by atoms with Gasteiger partial charge in [0.05, 0.1) is 19.2 Å². The van der Waals surface area contributed by atoms with Crippen molar-refractivity contribution >= 4 is 5.78 Å². The first kappa shape index (κ1) is 13.2. The van der Waals surface area contributed by atoms with Crippen LogP contribution in [0, 0.1) is 0 Å². The van der Waals surface area contributed by atoms with E-state index in [2.05, 4.69) is 15.3 Å². The Labute approximate surface area is 111 Å². The molecule has 6 nitrogen and oxygen atoms in total. The average molecular weight is 260 g/mol. The molecule has 6 heteroatoms. The van der Waals surface area contributed by atoms with Crippen LogP contribution in [0.4, 0.5) is 0 Å². The molecule has 19 heavy (non-hydrogen) atoms. The molecule has 0 aliphatic carbocycles. The Morgan fingerprint density at radius 1 is 1.37 bits per heavy atom. The molecule has 2 heterocycles. The van der Waals surface area contributed by atoms with E-state index in [1.54, 1.807) is 16.8 Å². The molecule has 0 saturated heterocycles. The Morgan fingerprint density at radius 2 is 2.16 bits per heavy atom. The predicted molar refractivity (Wildman–Crippen MR) is 69.2 cm³/mol. The molecule has 0 radical (unpaired) electrons. The second kappa shape index (κ2) is 5.60. The van der Waals surface area contributed by atoms with Crippen molar-refractivity contribution in [3.8, 4) is 5.88 Å². The third kappa shape index (κ3) is 2.96. The number of ether oxygens (including phenoxy) is 1. The number of methoxy groups -OCH3 is 1. The first-order valence-electron chi connectivity index (χ1n) is 6.06. The van der Waals surface area contributed by atoms with Crippen molar-refractivity contribution in [2.75, 3.05) is 7.11 Å². The van der Waals surface area contributed by atoms with Gasteiger partial charge < -0.3 is 4.74 Å². The van der Waals surface area contributed by atoms with Gasteiger partial charge in [-0.05, 0) is 18.6 Å². The van der Waals surface area contributed by atoms with Crippen molar-refractivity contribution in [2.24, 2.45) is 7.05 Å². The molecular formula is C13H16N4O2. The van der Waals surface area contributed by atoms with E-state index in [0.717, 1.165) is 17.8 Å². The maximum Gasteiger partial charge on any atom is 0.233 e. The van der Waals surface area contributed by atoms with Gasteiger partial charge in [-0.2, -0.15) is 5.10 Å². The van der Waals surface area contributed by atoms with E-state index in [9.17, 15) is 4.79 Å². The highest BCUT2D eigenvalue weighted by atomic mass is 16.5. The number of rotatable bonds is 5. The molecular weight excluding hydrogens is 244 g/mol. The Morgan fingerprint density at radius 3 is 2.68 bits per heavy atom. The number of hydrogen-bond donors (Lipinski definition) is 0. The summed E-state index contributed by atoms with van der Waals surface area (Å²) in [6, 6.07) is 5.18. The van der Waals surface area contributed by atoms with Crippen molar-refractivity contribution in [1.82, 2.24) is 20.0 Å². The molecule has 0 fully saturated rings. The maximum absolute atomic E-state index is 12.1. The summed E-state index contributed by atoms with van der Waals surface area (Å²) in [7, 11) is 3.34. The Bertz CT molecular complexity index is 575. The summed E-state index contributed by atoms with van der Waals surface area (Å²) in [4.78, 5) is 12.1. The molecule has 0 N–H and O–H groups in total. The summed E-state index contributed by atoms with van der Waals surface area (Å²) < 4.78 is 6.64. The molecule has 0 unspecified atom stereocenters. The molecule has 0 spiro atoms. The molecule has 0 atom stereocenters. The number of hydrogen-bond acceptors (Lipinski definition) is 5. The number of aryl methyl sites for hydroxylation is 2. The van der Waals surface area contributed by atoms with E-state index in [4.69, 9.17) is 4.74 Å². The molecule has 100 valence electrons. The topological polar surface area (TPSA) is 69.9 Å². The molecule has 2 rings (SSSR count). The fourth-order valence-corrected chi connectivity index (χ4v) is 1.74. The lowest BCUT2D eigenvalue weighted by atomic mass is 10.1. The summed E-state index contributed by atoms with van der Waals surface area (Å²) in [6.07, 6.45) is 1.12. The molecule has 0 bridgehead atoms. The predicted octanol–water partition coefficient (Wildman–Crippen LogP) is 1.21. The van der Waals surface area contributed by atoms with Gasteiger partial charge in [0.15, 0.2) is 5.78 Å². The minimum absolute atomic E-state index is 0.0826. The lowest BCUT2D eigenvalue weighted by Crippen LogP contribution is -2.10. The van der Waals surface area contributed by atoms with Crippen LogP contribution in [0.5, 0.6) is 5.88 Å². The highest BCUT2D eigenvalue weighted by molar-refractivity contribution is 5.95. The van der Waals surface area contributed by atoms with E-state index < -0.39 is 0 Å². The van der Waals surface area contributed by atoms with Crippen LogP contribution in [0.25, 0.3) is 0 Å². The standard InChI is InChI=1S/C13H16N4O2/c1-4-9-7-10(17(2)16-9)8-12(18)11-5-6-13(19-3)15-14-11/h5-7H,4,8H2,1-3H3. The average Bonchev–Trinajstić information content (AvgIpc) is 2.79. The molecule has 0 aliphatic rings. The van der Waals surface area contributed by atoms with Gasteiger partial charge in [-0.1, -0.05) is 6.92 Å². The highest BCUT2D eigenvalue weighted by Crippen LogP contribution is 2.09. The molecule has 2 aromatic rings. The zero-order chi connectivity index (χ0) is 13.8. The normalized spacial score (nSPS) is 10.5. The van der Waals surface area contributed by atoms with Crippen LogP contribution in [0.15, 0.2) is 18.2 Å². The van der Waals surface area contributed by atoms with Crippen LogP contribution in [0.3, 0.4) is 0 Å². The van der Waals surface area contributed by atoms with Gasteiger partial charge in [0.1, 0.15) is 5.69 Å². The Balaban J connectivity index is 2.13. The van der Waals surface area contributed by atoms with E-state index >= 15 is 0 Å². The number of nitrogens with zero attached hydrogens (tertiary/aromatic N) is 4. The van der Waals surface area contributed by atoms with E-state index in [1.165, 1.54) is 7.11 Å². The van der Waals surface area contributed by atoms with Crippen LogP contribution < -0.4 is 4.74 Å². The molecule has 2 aromatic heterocycles. The van der Waals surface area contributed by atoms with Crippen molar-refractivity contribution in [1.29, 1.82) is 0 Å². The van der Waals surface area contributed by atoms with Crippen LogP contribution in [0.1, 0.15) is 28.8 Å². The summed E-state index contributed by atoms with van der Waals surface area (Å²) in [6.45, 7) is 2.03. The zero-order valence-corrected chi connectivity index (χ0v) is 11.3. The number of carbonyl (C=O) groups excluding carboxylic acids is 1. The van der Waals surface area contributed by atoms with E-state index in [1.807, 2.05) is 20.0 Å². The number of ketones is 1. The van der Waals surface area contributed by atoms with Gasteiger partial charge in [-0.25, -0.2) is 0 Å². The fourth-order valence-electron chi connectivity index (χ4n) is 1.74. The largest absolute Gasteiger partial charge is 0.480 e. The van der Waals surface area contributed by atoms with Crippen molar-refractivity contribution in [3.05, 3.63) is 35.3 Å². The van der Waals surface area contributed by atoms with E-state index in [-0.39, 0.29) is 12.2 Å². The molecule has 0 saturated carbocycles. The van der Waals surface area contributed by atoms with Crippen LogP contribution >= 0.6 is 0 Å². The number of aromatic nitrogens is 4. The van der Waals surface area contributed by atoms with Gasteiger partial charge in [0.25, 0.3) is 0 Å². The van der Waals surface area contributed by atoms with Crippen LogP contribution in [-0.4, -0.2) is 32.9 Å². The third-order valence-corrected chi connectivity index (χ3v) is 2.87. The lowest BCUT2D eigenvalue weighted by molar-refractivity contribution is 0.0985.